The zero-order valence-electron chi connectivity index (χ0n) is 6.30. The van der Waals surface area contributed by atoms with E-state index in [9.17, 15) is 4.39 Å². The van der Waals surface area contributed by atoms with E-state index < -0.39 is 0 Å². The van der Waals surface area contributed by atoms with Crippen LogP contribution in [-0.2, 0) is 4.74 Å². The number of benzene rings is 1. The zero-order chi connectivity index (χ0) is 7.84. The molecule has 2 heteroatoms. The number of hydrogen-bond acceptors (Lipinski definition) is 1. The molecule has 1 heterocycles. The molecule has 0 bridgehead atoms. The Kier molecular flexibility index (Phi) is 1.43. The molecule has 0 N–H and O–H groups in total. The Hall–Kier alpha value is -0.890. The fourth-order valence-corrected chi connectivity index (χ4v) is 1.19. The molecule has 0 amide bonds. The average Bonchev–Trinajstić information content (AvgIpc) is 2.76. The second kappa shape index (κ2) is 2.31. The number of rotatable bonds is 1. The van der Waals surface area contributed by atoms with Crippen molar-refractivity contribution in [3.8, 4) is 0 Å². The minimum atomic E-state index is -0.180. The highest BCUT2D eigenvalue weighted by Crippen LogP contribution is 2.32. The molecule has 1 nitrogen and oxygen atoms in total. The summed E-state index contributed by atoms with van der Waals surface area (Å²) in [5.74, 6) is -0.180. The quantitative estimate of drug-likeness (QED) is 0.562. The maximum atomic E-state index is 12.7. The molecular weight excluding hydrogens is 143 g/mol. The lowest BCUT2D eigenvalue weighted by Gasteiger charge is -2.00. The summed E-state index contributed by atoms with van der Waals surface area (Å²) in [4.78, 5) is 0. The lowest BCUT2D eigenvalue weighted by Crippen LogP contribution is -1.87. The topological polar surface area (TPSA) is 12.5 Å². The van der Waals surface area contributed by atoms with Crippen LogP contribution in [0.4, 0.5) is 4.39 Å². The minimum absolute atomic E-state index is 0.158. The van der Waals surface area contributed by atoms with E-state index in [0.29, 0.717) is 0 Å². The van der Waals surface area contributed by atoms with Crippen LogP contribution in [0.25, 0.3) is 0 Å². The lowest BCUT2D eigenvalue weighted by molar-refractivity contribution is 0.414. The van der Waals surface area contributed by atoms with E-state index in [1.54, 1.807) is 12.1 Å². The van der Waals surface area contributed by atoms with Gasteiger partial charge in [0.05, 0.1) is 6.61 Å². The van der Waals surface area contributed by atoms with Gasteiger partial charge < -0.3 is 4.74 Å². The predicted molar refractivity (Wildman–Crippen MR) is 39.8 cm³/mol. The van der Waals surface area contributed by atoms with E-state index in [-0.39, 0.29) is 11.9 Å². The molecule has 0 spiro atoms. The maximum absolute atomic E-state index is 12.7. The molecule has 1 aliphatic heterocycles. The van der Waals surface area contributed by atoms with Gasteiger partial charge in [0, 0.05) is 0 Å². The highest BCUT2D eigenvalue weighted by Gasteiger charge is 2.26. The SMILES string of the molecule is Cc1ccc(F)cc1[C@@H]1CO1. The van der Waals surface area contributed by atoms with Crippen molar-refractivity contribution in [3.05, 3.63) is 35.1 Å². The molecule has 1 fully saturated rings. The first-order valence-electron chi connectivity index (χ1n) is 3.65. The molecule has 0 aromatic heterocycles. The number of halogens is 1. The Morgan fingerprint density at radius 3 is 2.91 bits per heavy atom. The van der Waals surface area contributed by atoms with Gasteiger partial charge in [-0.15, -0.1) is 0 Å². The summed E-state index contributed by atoms with van der Waals surface area (Å²) in [5, 5.41) is 0. The van der Waals surface area contributed by atoms with Crippen LogP contribution in [0.5, 0.6) is 0 Å². The highest BCUT2D eigenvalue weighted by atomic mass is 19.1. The first-order valence-corrected chi connectivity index (χ1v) is 3.65. The van der Waals surface area contributed by atoms with Crippen molar-refractivity contribution in [2.45, 2.75) is 13.0 Å². The van der Waals surface area contributed by atoms with Crippen molar-refractivity contribution in [1.29, 1.82) is 0 Å². The molecule has 0 saturated carbocycles. The Balaban J connectivity index is 2.42. The number of aryl methyl sites for hydroxylation is 1. The van der Waals surface area contributed by atoms with Gasteiger partial charge >= 0.3 is 0 Å². The number of ether oxygens (including phenoxy) is 1. The second-order valence-electron chi connectivity index (χ2n) is 2.82. The summed E-state index contributed by atoms with van der Waals surface area (Å²) in [6.45, 7) is 2.71. The van der Waals surface area contributed by atoms with E-state index in [2.05, 4.69) is 0 Å². The first kappa shape index (κ1) is 6.80. The van der Waals surface area contributed by atoms with Crippen LogP contribution in [0.2, 0.25) is 0 Å². The van der Waals surface area contributed by atoms with E-state index in [1.807, 2.05) is 6.92 Å². The summed E-state index contributed by atoms with van der Waals surface area (Å²) in [6, 6.07) is 4.81. The average molecular weight is 152 g/mol. The standard InChI is InChI=1S/C9H9FO/c1-6-2-3-7(10)4-8(6)9-5-11-9/h2-4,9H,5H2,1H3/t9-/m0/s1. The Morgan fingerprint density at radius 2 is 2.27 bits per heavy atom. The normalized spacial score (nSPS) is 21.8. The van der Waals surface area contributed by atoms with Gasteiger partial charge in [-0.2, -0.15) is 0 Å². The molecule has 0 radical (unpaired) electrons. The van der Waals surface area contributed by atoms with E-state index in [1.165, 1.54) is 6.07 Å². The van der Waals surface area contributed by atoms with E-state index >= 15 is 0 Å². The third-order valence-corrected chi connectivity index (χ3v) is 1.92. The van der Waals surface area contributed by atoms with Gasteiger partial charge in [0.15, 0.2) is 0 Å². The Morgan fingerprint density at radius 1 is 1.55 bits per heavy atom. The third-order valence-electron chi connectivity index (χ3n) is 1.92. The number of hydrogen-bond donors (Lipinski definition) is 0. The van der Waals surface area contributed by atoms with Crippen molar-refractivity contribution in [3.63, 3.8) is 0 Å². The molecule has 2 rings (SSSR count). The van der Waals surface area contributed by atoms with E-state index in [0.717, 1.165) is 17.7 Å². The maximum Gasteiger partial charge on any atom is 0.123 e. The van der Waals surface area contributed by atoms with Crippen LogP contribution < -0.4 is 0 Å². The van der Waals surface area contributed by atoms with Gasteiger partial charge in [0.1, 0.15) is 11.9 Å². The zero-order valence-corrected chi connectivity index (χ0v) is 6.30. The molecule has 1 saturated heterocycles. The van der Waals surface area contributed by atoms with Gasteiger partial charge in [0.2, 0.25) is 0 Å². The van der Waals surface area contributed by atoms with Crippen LogP contribution in [0, 0.1) is 12.7 Å². The van der Waals surface area contributed by atoms with Crippen LogP contribution in [0.1, 0.15) is 17.2 Å². The van der Waals surface area contributed by atoms with Crippen molar-refractivity contribution in [2.24, 2.45) is 0 Å². The van der Waals surface area contributed by atoms with Crippen LogP contribution >= 0.6 is 0 Å². The fraction of sp³-hybridized carbons (Fsp3) is 0.333. The lowest BCUT2D eigenvalue weighted by atomic mass is 10.1. The summed E-state index contributed by atoms with van der Waals surface area (Å²) < 4.78 is 17.7. The van der Waals surface area contributed by atoms with Crippen LogP contribution in [0.3, 0.4) is 0 Å². The van der Waals surface area contributed by atoms with Crippen molar-refractivity contribution >= 4 is 0 Å². The van der Waals surface area contributed by atoms with Crippen molar-refractivity contribution in [2.75, 3.05) is 6.61 Å². The largest absolute Gasteiger partial charge is 0.368 e. The molecular formula is C9H9FO. The molecule has 1 aromatic carbocycles. The Labute approximate surface area is 64.8 Å². The fourth-order valence-electron chi connectivity index (χ4n) is 1.19. The van der Waals surface area contributed by atoms with Gasteiger partial charge in [-0.1, -0.05) is 6.07 Å². The summed E-state index contributed by atoms with van der Waals surface area (Å²) in [5.41, 5.74) is 2.10. The van der Waals surface area contributed by atoms with E-state index in [4.69, 9.17) is 4.74 Å². The van der Waals surface area contributed by atoms with Gasteiger partial charge in [-0.05, 0) is 30.2 Å². The summed E-state index contributed by atoms with van der Waals surface area (Å²) in [7, 11) is 0. The summed E-state index contributed by atoms with van der Waals surface area (Å²) >= 11 is 0. The molecule has 0 aliphatic carbocycles. The molecule has 0 unspecified atom stereocenters. The summed E-state index contributed by atoms with van der Waals surface area (Å²) in [6.07, 6.45) is 0.158. The molecule has 1 aromatic rings. The Bertz CT molecular complexity index is 279. The molecule has 11 heavy (non-hydrogen) atoms. The minimum Gasteiger partial charge on any atom is -0.368 e. The van der Waals surface area contributed by atoms with Gasteiger partial charge in [0.25, 0.3) is 0 Å². The second-order valence-corrected chi connectivity index (χ2v) is 2.82. The molecule has 1 atom stereocenters. The smallest absolute Gasteiger partial charge is 0.123 e. The highest BCUT2D eigenvalue weighted by molar-refractivity contribution is 5.30. The van der Waals surface area contributed by atoms with Crippen molar-refractivity contribution < 1.29 is 9.13 Å². The van der Waals surface area contributed by atoms with Crippen molar-refractivity contribution in [1.82, 2.24) is 0 Å². The number of epoxide rings is 1. The predicted octanol–water partition coefficient (Wildman–Crippen LogP) is 2.21. The third kappa shape index (κ3) is 1.26. The first-order chi connectivity index (χ1) is 5.27. The molecule has 1 aliphatic rings. The van der Waals surface area contributed by atoms with Gasteiger partial charge in [-0.25, -0.2) is 4.39 Å². The molecule has 58 valence electrons. The van der Waals surface area contributed by atoms with Crippen LogP contribution in [-0.4, -0.2) is 6.61 Å². The monoisotopic (exact) mass is 152 g/mol. The van der Waals surface area contributed by atoms with Crippen LogP contribution in [0.15, 0.2) is 18.2 Å². The van der Waals surface area contributed by atoms with Gasteiger partial charge in [-0.3, -0.25) is 0 Å².